The third-order valence-electron chi connectivity index (χ3n) is 2.47. The van der Waals surface area contributed by atoms with Crippen molar-refractivity contribution in [2.75, 3.05) is 0 Å². The van der Waals surface area contributed by atoms with Crippen molar-refractivity contribution >= 4 is 22.6 Å². The van der Waals surface area contributed by atoms with Gasteiger partial charge in [0, 0.05) is 6.07 Å². The van der Waals surface area contributed by atoms with Gasteiger partial charge in [-0.25, -0.2) is 0 Å². The van der Waals surface area contributed by atoms with Gasteiger partial charge in [-0.2, -0.15) is 8.42 Å². The smallest absolute Gasteiger partial charge is 0.446 e. The summed E-state index contributed by atoms with van der Waals surface area (Å²) in [7, 11) is -4.53. The van der Waals surface area contributed by atoms with Gasteiger partial charge in [-0.15, -0.1) is 0 Å². The molecule has 0 aliphatic carbocycles. The highest BCUT2D eigenvalue weighted by atomic mass is 32.3. The summed E-state index contributed by atoms with van der Waals surface area (Å²) in [6.07, 6.45) is 3.36. The quantitative estimate of drug-likeness (QED) is 0.592. The fourth-order valence-electron chi connectivity index (χ4n) is 1.66. The van der Waals surface area contributed by atoms with Gasteiger partial charge in [-0.3, -0.25) is 4.55 Å². The Labute approximate surface area is 121 Å². The minimum Gasteiger partial charge on any atom is -0.508 e. The molecule has 2 rings (SSSR count). The van der Waals surface area contributed by atoms with E-state index in [2.05, 4.69) is 4.18 Å². The van der Waals surface area contributed by atoms with Crippen LogP contribution in [0.25, 0.3) is 12.2 Å². The fraction of sp³-hybridized carbons (Fsp3) is 0. The Morgan fingerprint density at radius 3 is 1.90 bits per heavy atom. The molecule has 21 heavy (non-hydrogen) atoms. The highest BCUT2D eigenvalue weighted by molar-refractivity contribution is 7.81. The second kappa shape index (κ2) is 5.86. The van der Waals surface area contributed by atoms with Crippen LogP contribution >= 0.6 is 0 Å². The molecule has 3 N–H and O–H groups in total. The van der Waals surface area contributed by atoms with Crippen LogP contribution in [0.5, 0.6) is 17.2 Å². The summed E-state index contributed by atoms with van der Waals surface area (Å²) in [5.74, 6) is -0.109. The summed E-state index contributed by atoms with van der Waals surface area (Å²) in [6.45, 7) is 0. The van der Waals surface area contributed by atoms with Crippen LogP contribution in [0.1, 0.15) is 11.1 Å². The lowest BCUT2D eigenvalue weighted by Gasteiger charge is -2.01. The van der Waals surface area contributed by atoms with Crippen molar-refractivity contribution < 1.29 is 27.4 Å². The van der Waals surface area contributed by atoms with E-state index in [0.29, 0.717) is 5.56 Å². The van der Waals surface area contributed by atoms with E-state index in [0.717, 1.165) is 5.56 Å². The van der Waals surface area contributed by atoms with Gasteiger partial charge >= 0.3 is 10.4 Å². The molecular weight excluding hydrogens is 296 g/mol. The lowest BCUT2D eigenvalue weighted by atomic mass is 10.1. The monoisotopic (exact) mass is 308 g/mol. The van der Waals surface area contributed by atoms with Crippen molar-refractivity contribution in [3.63, 3.8) is 0 Å². The zero-order valence-corrected chi connectivity index (χ0v) is 11.5. The standard InChI is InChI=1S/C14H12O6S/c15-12-7-11(8-13(16)9-12)2-1-10-3-5-14(6-4-10)20-21(17,18)19/h1-9,15-16H,(H,17,18,19)/b2-1+. The molecule has 0 aliphatic heterocycles. The first-order chi connectivity index (χ1) is 9.82. The van der Waals surface area contributed by atoms with E-state index in [4.69, 9.17) is 4.55 Å². The summed E-state index contributed by atoms with van der Waals surface area (Å²) in [4.78, 5) is 0. The summed E-state index contributed by atoms with van der Waals surface area (Å²) in [5.41, 5.74) is 1.34. The normalized spacial score (nSPS) is 11.7. The molecule has 0 bridgehead atoms. The molecule has 0 radical (unpaired) electrons. The molecule has 0 aromatic heterocycles. The molecule has 2 aromatic rings. The molecule has 0 amide bonds. The van der Waals surface area contributed by atoms with Gasteiger partial charge < -0.3 is 14.4 Å². The topological polar surface area (TPSA) is 104 Å². The van der Waals surface area contributed by atoms with E-state index in [1.807, 2.05) is 0 Å². The Morgan fingerprint density at radius 2 is 1.38 bits per heavy atom. The van der Waals surface area contributed by atoms with Gasteiger partial charge in [-0.05, 0) is 35.4 Å². The van der Waals surface area contributed by atoms with Crippen LogP contribution in [0, 0.1) is 0 Å². The lowest BCUT2D eigenvalue weighted by Crippen LogP contribution is -2.06. The van der Waals surface area contributed by atoms with Gasteiger partial charge in [0.15, 0.2) is 0 Å². The zero-order valence-electron chi connectivity index (χ0n) is 10.7. The molecule has 0 atom stereocenters. The largest absolute Gasteiger partial charge is 0.508 e. The van der Waals surface area contributed by atoms with E-state index in [1.54, 1.807) is 24.3 Å². The highest BCUT2D eigenvalue weighted by Crippen LogP contribution is 2.22. The molecule has 7 heteroatoms. The summed E-state index contributed by atoms with van der Waals surface area (Å²) in [5, 5.41) is 18.7. The minimum atomic E-state index is -4.53. The average molecular weight is 308 g/mol. The zero-order chi connectivity index (χ0) is 15.5. The van der Waals surface area contributed by atoms with Crippen LogP contribution in [-0.2, 0) is 10.4 Å². The van der Waals surface area contributed by atoms with Gasteiger partial charge in [-0.1, -0.05) is 24.3 Å². The van der Waals surface area contributed by atoms with E-state index in [-0.39, 0.29) is 17.2 Å². The maximum absolute atomic E-state index is 10.5. The number of phenolic OH excluding ortho intramolecular Hbond substituents is 2. The van der Waals surface area contributed by atoms with Gasteiger partial charge in [0.25, 0.3) is 0 Å². The average Bonchev–Trinajstić information content (AvgIpc) is 2.35. The number of rotatable bonds is 4. The van der Waals surface area contributed by atoms with E-state index in [9.17, 15) is 18.6 Å². The van der Waals surface area contributed by atoms with Crippen LogP contribution in [-0.4, -0.2) is 23.2 Å². The second-order valence-corrected chi connectivity index (χ2v) is 5.22. The van der Waals surface area contributed by atoms with Crippen molar-refractivity contribution in [1.29, 1.82) is 0 Å². The van der Waals surface area contributed by atoms with E-state index in [1.165, 1.54) is 30.3 Å². The van der Waals surface area contributed by atoms with Crippen LogP contribution in [0.15, 0.2) is 42.5 Å². The van der Waals surface area contributed by atoms with Gasteiger partial charge in [0.2, 0.25) is 0 Å². The van der Waals surface area contributed by atoms with Crippen molar-refractivity contribution in [3.8, 4) is 17.2 Å². The molecule has 2 aromatic carbocycles. The third kappa shape index (κ3) is 4.83. The summed E-state index contributed by atoms with van der Waals surface area (Å²) >= 11 is 0. The molecule has 6 nitrogen and oxygen atoms in total. The van der Waals surface area contributed by atoms with Crippen molar-refractivity contribution in [2.24, 2.45) is 0 Å². The lowest BCUT2D eigenvalue weighted by molar-refractivity contribution is 0.387. The number of benzene rings is 2. The molecule has 110 valence electrons. The molecule has 0 saturated heterocycles. The Morgan fingerprint density at radius 1 is 0.857 bits per heavy atom. The minimum absolute atomic E-state index is 0.00958. The molecule has 0 heterocycles. The summed E-state index contributed by atoms with van der Waals surface area (Å²) < 4.78 is 33.9. The molecule has 0 unspecified atom stereocenters. The molecule has 0 aliphatic rings. The number of hydrogen-bond acceptors (Lipinski definition) is 5. The second-order valence-electron chi connectivity index (χ2n) is 4.20. The number of phenols is 2. The van der Waals surface area contributed by atoms with Crippen LogP contribution in [0.3, 0.4) is 0 Å². The molecule has 0 spiro atoms. The molecular formula is C14H12O6S. The number of hydrogen-bond donors (Lipinski definition) is 3. The first-order valence-corrected chi connectivity index (χ1v) is 7.16. The summed E-state index contributed by atoms with van der Waals surface area (Å²) in [6, 6.07) is 10.1. The van der Waals surface area contributed by atoms with E-state index < -0.39 is 10.4 Å². The van der Waals surface area contributed by atoms with Gasteiger partial charge in [0.05, 0.1) is 0 Å². The first-order valence-electron chi connectivity index (χ1n) is 5.80. The van der Waals surface area contributed by atoms with Gasteiger partial charge in [0.1, 0.15) is 17.2 Å². The Bertz CT molecular complexity index is 742. The maximum atomic E-state index is 10.5. The Hall–Kier alpha value is -2.51. The highest BCUT2D eigenvalue weighted by Gasteiger charge is 2.05. The maximum Gasteiger partial charge on any atom is 0.446 e. The van der Waals surface area contributed by atoms with Crippen LogP contribution < -0.4 is 4.18 Å². The van der Waals surface area contributed by atoms with Crippen molar-refractivity contribution in [1.82, 2.24) is 0 Å². The Kier molecular flexibility index (Phi) is 4.15. The van der Waals surface area contributed by atoms with Crippen LogP contribution in [0.4, 0.5) is 0 Å². The predicted octanol–water partition coefficient (Wildman–Crippen LogP) is 2.45. The first kappa shape index (κ1) is 14.9. The third-order valence-corrected chi connectivity index (χ3v) is 2.88. The number of aromatic hydroxyl groups is 2. The Balaban J connectivity index is 2.14. The SMILES string of the molecule is O=S(=O)(O)Oc1ccc(/C=C/c2cc(O)cc(O)c2)cc1. The predicted molar refractivity (Wildman–Crippen MR) is 77.3 cm³/mol. The van der Waals surface area contributed by atoms with Crippen LogP contribution in [0.2, 0.25) is 0 Å². The molecule has 0 fully saturated rings. The van der Waals surface area contributed by atoms with E-state index >= 15 is 0 Å². The fourth-order valence-corrected chi connectivity index (χ4v) is 2.02. The van der Waals surface area contributed by atoms with Crippen molar-refractivity contribution in [2.45, 2.75) is 0 Å². The van der Waals surface area contributed by atoms with Crippen molar-refractivity contribution in [3.05, 3.63) is 53.6 Å². The molecule has 0 saturated carbocycles.